The number of nitrogens with zero attached hydrogens (tertiary/aromatic N) is 2. The van der Waals surface area contributed by atoms with E-state index in [1.54, 1.807) is 0 Å². The lowest BCUT2D eigenvalue weighted by atomic mass is 10.2. The van der Waals surface area contributed by atoms with Crippen molar-refractivity contribution in [3.63, 3.8) is 0 Å². The van der Waals surface area contributed by atoms with E-state index in [0.29, 0.717) is 0 Å². The Morgan fingerprint density at radius 1 is 1.25 bits per heavy atom. The first-order valence-corrected chi connectivity index (χ1v) is 6.43. The van der Waals surface area contributed by atoms with Gasteiger partial charge in [0.25, 0.3) is 0 Å². The third-order valence-corrected chi connectivity index (χ3v) is 3.53. The first-order chi connectivity index (χ1) is 7.83. The largest absolute Gasteiger partial charge is 0.332 e. The predicted octanol–water partition coefficient (Wildman–Crippen LogP) is 2.26. The van der Waals surface area contributed by atoms with Crippen molar-refractivity contribution in [1.29, 1.82) is 0 Å². The highest BCUT2D eigenvalue weighted by Crippen LogP contribution is 2.20. The number of benzene rings is 1. The average Bonchev–Trinajstić information content (AvgIpc) is 2.73. The zero-order valence-corrected chi connectivity index (χ0v) is 10.9. The van der Waals surface area contributed by atoms with E-state index < -0.39 is 0 Å². The summed E-state index contributed by atoms with van der Waals surface area (Å²) in [6.45, 7) is 2.94. The van der Waals surface area contributed by atoms with E-state index in [-0.39, 0.29) is 0 Å². The number of nitrogens with one attached hydrogen (secondary N) is 1. The fourth-order valence-corrected chi connectivity index (χ4v) is 2.31. The number of rotatable bonds is 1. The Kier molecular flexibility index (Phi) is 2.69. The summed E-state index contributed by atoms with van der Waals surface area (Å²) in [6.07, 6.45) is 2.15. The Morgan fingerprint density at radius 3 is 2.81 bits per heavy atom. The van der Waals surface area contributed by atoms with Gasteiger partial charge < -0.3 is 9.88 Å². The normalized spacial score (nSPS) is 14.8. The molecule has 3 rings (SSSR count). The lowest BCUT2D eigenvalue weighted by Gasteiger charge is -2.13. The molecule has 0 spiro atoms. The maximum Gasteiger partial charge on any atom is 0.123 e. The Bertz CT molecular complexity index is 478. The van der Waals surface area contributed by atoms with Crippen molar-refractivity contribution in [2.24, 2.45) is 0 Å². The molecule has 3 nitrogen and oxygen atoms in total. The monoisotopic (exact) mass is 325 g/mol. The molecule has 2 heterocycles. The molecule has 0 radical (unpaired) electrons. The van der Waals surface area contributed by atoms with Crippen molar-refractivity contribution >= 4 is 22.6 Å². The lowest BCUT2D eigenvalue weighted by Crippen LogP contribution is -2.27. The van der Waals surface area contributed by atoms with Gasteiger partial charge in [-0.15, -0.1) is 0 Å². The van der Waals surface area contributed by atoms with E-state index in [2.05, 4.69) is 67.9 Å². The van der Waals surface area contributed by atoms with Gasteiger partial charge in [-0.25, -0.2) is 4.98 Å². The summed E-state index contributed by atoms with van der Waals surface area (Å²) in [5, 5.41) is 3.33. The number of hydrogen-bond acceptors (Lipinski definition) is 2. The third-order valence-electron chi connectivity index (χ3n) is 2.81. The predicted molar refractivity (Wildman–Crippen MR) is 72.1 cm³/mol. The van der Waals surface area contributed by atoms with E-state index in [1.165, 1.54) is 9.13 Å². The fourth-order valence-electron chi connectivity index (χ4n) is 1.95. The smallest absolute Gasteiger partial charge is 0.123 e. The van der Waals surface area contributed by atoms with Crippen LogP contribution < -0.4 is 5.32 Å². The third kappa shape index (κ3) is 1.87. The molecule has 0 saturated heterocycles. The number of aromatic nitrogens is 2. The Labute approximate surface area is 108 Å². The van der Waals surface area contributed by atoms with Crippen LogP contribution >= 0.6 is 22.6 Å². The molecule has 0 unspecified atom stereocenters. The summed E-state index contributed by atoms with van der Waals surface area (Å²) in [5.74, 6) is 1.14. The van der Waals surface area contributed by atoms with Gasteiger partial charge in [-0.05, 0) is 34.7 Å². The quantitative estimate of drug-likeness (QED) is 0.815. The molecule has 0 amide bonds. The number of fused-ring (bicyclic) bond motifs is 1. The van der Waals surface area contributed by atoms with Gasteiger partial charge in [-0.2, -0.15) is 0 Å². The van der Waals surface area contributed by atoms with Crippen LogP contribution in [0.1, 0.15) is 5.82 Å². The molecule has 1 aliphatic heterocycles. The second-order valence-corrected chi connectivity index (χ2v) is 5.17. The van der Waals surface area contributed by atoms with Crippen LogP contribution in [0.25, 0.3) is 11.3 Å². The molecule has 0 saturated carbocycles. The molecule has 4 heteroatoms. The van der Waals surface area contributed by atoms with E-state index in [9.17, 15) is 0 Å². The van der Waals surface area contributed by atoms with Gasteiger partial charge in [0.15, 0.2) is 0 Å². The molecule has 1 aromatic carbocycles. The van der Waals surface area contributed by atoms with Gasteiger partial charge >= 0.3 is 0 Å². The summed E-state index contributed by atoms with van der Waals surface area (Å²) < 4.78 is 3.50. The molecule has 82 valence electrons. The molecule has 0 atom stereocenters. The van der Waals surface area contributed by atoms with Crippen LogP contribution in [-0.2, 0) is 13.1 Å². The number of halogens is 1. The topological polar surface area (TPSA) is 29.9 Å². The summed E-state index contributed by atoms with van der Waals surface area (Å²) in [6, 6.07) is 8.49. The van der Waals surface area contributed by atoms with E-state index in [1.807, 2.05) is 0 Å². The standard InChI is InChI=1S/C12H12IN3/c13-10-3-1-9(2-4-10)11-8-16-6-5-14-7-12(16)15-11/h1-4,8,14H,5-7H2. The first kappa shape index (κ1) is 10.3. The van der Waals surface area contributed by atoms with Crippen molar-refractivity contribution in [2.45, 2.75) is 13.1 Å². The highest BCUT2D eigenvalue weighted by molar-refractivity contribution is 14.1. The maximum atomic E-state index is 4.65. The van der Waals surface area contributed by atoms with Crippen molar-refractivity contribution in [3.8, 4) is 11.3 Å². The number of hydrogen-bond donors (Lipinski definition) is 1. The molecule has 16 heavy (non-hydrogen) atoms. The zero-order chi connectivity index (χ0) is 11.0. The minimum absolute atomic E-state index is 0.879. The number of imidazole rings is 1. The van der Waals surface area contributed by atoms with Crippen LogP contribution in [0.5, 0.6) is 0 Å². The van der Waals surface area contributed by atoms with Gasteiger partial charge in [-0.3, -0.25) is 0 Å². The summed E-state index contributed by atoms with van der Waals surface area (Å²) in [5.41, 5.74) is 2.28. The van der Waals surface area contributed by atoms with E-state index >= 15 is 0 Å². The molecular formula is C12H12IN3. The first-order valence-electron chi connectivity index (χ1n) is 5.35. The van der Waals surface area contributed by atoms with Gasteiger partial charge in [0.2, 0.25) is 0 Å². The van der Waals surface area contributed by atoms with Crippen LogP contribution in [0.3, 0.4) is 0 Å². The Morgan fingerprint density at radius 2 is 2.06 bits per heavy atom. The SMILES string of the molecule is Ic1ccc(-c2cn3c(n2)CNCC3)cc1. The van der Waals surface area contributed by atoms with E-state index in [4.69, 9.17) is 0 Å². The van der Waals surface area contributed by atoms with Crippen molar-refractivity contribution < 1.29 is 0 Å². The van der Waals surface area contributed by atoms with Crippen LogP contribution in [0.2, 0.25) is 0 Å². The highest BCUT2D eigenvalue weighted by Gasteiger charge is 2.12. The highest BCUT2D eigenvalue weighted by atomic mass is 127. The molecule has 0 bridgehead atoms. The Balaban J connectivity index is 2.00. The molecule has 0 aliphatic carbocycles. The van der Waals surface area contributed by atoms with Gasteiger partial charge in [0.05, 0.1) is 12.2 Å². The molecule has 1 N–H and O–H groups in total. The lowest BCUT2D eigenvalue weighted by molar-refractivity contribution is 0.505. The van der Waals surface area contributed by atoms with Crippen molar-refractivity contribution in [3.05, 3.63) is 39.9 Å². The minimum Gasteiger partial charge on any atom is -0.332 e. The summed E-state index contributed by atoms with van der Waals surface area (Å²) >= 11 is 2.32. The van der Waals surface area contributed by atoms with Gasteiger partial charge in [0.1, 0.15) is 5.82 Å². The minimum atomic E-state index is 0.879. The molecular weight excluding hydrogens is 313 g/mol. The van der Waals surface area contributed by atoms with Crippen LogP contribution in [-0.4, -0.2) is 16.1 Å². The van der Waals surface area contributed by atoms with Crippen LogP contribution in [0.15, 0.2) is 30.5 Å². The van der Waals surface area contributed by atoms with Crippen LogP contribution in [0, 0.1) is 3.57 Å². The molecule has 1 aliphatic rings. The summed E-state index contributed by atoms with van der Waals surface area (Å²) in [7, 11) is 0. The molecule has 1 aromatic heterocycles. The van der Waals surface area contributed by atoms with E-state index in [0.717, 1.165) is 31.2 Å². The second kappa shape index (κ2) is 4.18. The molecule has 2 aromatic rings. The fraction of sp³-hybridized carbons (Fsp3) is 0.250. The van der Waals surface area contributed by atoms with Crippen LogP contribution in [0.4, 0.5) is 0 Å². The Hall–Kier alpha value is -0.880. The average molecular weight is 325 g/mol. The maximum absolute atomic E-state index is 4.65. The van der Waals surface area contributed by atoms with Crippen molar-refractivity contribution in [1.82, 2.24) is 14.9 Å². The summed E-state index contributed by atoms with van der Waals surface area (Å²) in [4.78, 5) is 4.65. The van der Waals surface area contributed by atoms with Gasteiger partial charge in [-0.1, -0.05) is 12.1 Å². The zero-order valence-electron chi connectivity index (χ0n) is 8.78. The second-order valence-electron chi connectivity index (χ2n) is 3.92. The van der Waals surface area contributed by atoms with Gasteiger partial charge in [0, 0.05) is 28.4 Å². The molecule has 0 fully saturated rings. The van der Waals surface area contributed by atoms with Crippen molar-refractivity contribution in [2.75, 3.05) is 6.54 Å².